The first-order chi connectivity index (χ1) is 11.1. The van der Waals surface area contributed by atoms with Gasteiger partial charge < -0.3 is 14.5 Å². The van der Waals surface area contributed by atoms with Crippen molar-refractivity contribution < 1.29 is 9.53 Å². The Labute approximate surface area is 134 Å². The number of carbonyl (C=O) groups excluding carboxylic acids is 1. The van der Waals surface area contributed by atoms with Crippen molar-refractivity contribution in [2.45, 2.75) is 12.5 Å². The summed E-state index contributed by atoms with van der Waals surface area (Å²) < 4.78 is 6.06. The smallest absolute Gasteiger partial charge is 0.255 e. The van der Waals surface area contributed by atoms with Gasteiger partial charge in [0.05, 0.1) is 24.5 Å². The molecule has 1 saturated heterocycles. The molecule has 2 aromatic rings. The zero-order valence-corrected chi connectivity index (χ0v) is 13.2. The van der Waals surface area contributed by atoms with Crippen molar-refractivity contribution in [2.24, 2.45) is 0 Å². The number of nitrogens with zero attached hydrogens (tertiary/aromatic N) is 5. The predicted molar refractivity (Wildman–Crippen MR) is 85.5 cm³/mol. The molecule has 3 heterocycles. The lowest BCUT2D eigenvalue weighted by Gasteiger charge is -2.20. The lowest BCUT2D eigenvalue weighted by atomic mass is 10.3. The number of carbonyl (C=O) groups is 1. The summed E-state index contributed by atoms with van der Waals surface area (Å²) in [6.45, 7) is 1.23. The van der Waals surface area contributed by atoms with Crippen LogP contribution < -0.4 is 9.64 Å². The fourth-order valence-corrected chi connectivity index (χ4v) is 2.60. The van der Waals surface area contributed by atoms with Crippen LogP contribution in [-0.2, 0) is 0 Å². The summed E-state index contributed by atoms with van der Waals surface area (Å²) in [5, 5.41) is 7.45. The van der Waals surface area contributed by atoms with E-state index in [-0.39, 0.29) is 12.0 Å². The van der Waals surface area contributed by atoms with Crippen molar-refractivity contribution in [2.75, 3.05) is 32.1 Å². The number of hydrogen-bond acceptors (Lipinski definition) is 6. The van der Waals surface area contributed by atoms with Gasteiger partial charge in [0.1, 0.15) is 6.10 Å². The Morgan fingerprint density at radius 3 is 2.91 bits per heavy atom. The number of rotatable bonds is 4. The minimum atomic E-state index is -0.0370. The summed E-state index contributed by atoms with van der Waals surface area (Å²) in [4.78, 5) is 20.4. The average Bonchev–Trinajstić information content (AvgIpc) is 3.04. The van der Waals surface area contributed by atoms with Gasteiger partial charge in [0.2, 0.25) is 0 Å². The van der Waals surface area contributed by atoms with Crippen LogP contribution in [0.5, 0.6) is 5.75 Å². The standard InChI is InChI=1S/C16H19N5O2/c1-20(2)15-14(4-3-7-17-15)23-13-6-9-21(11-13)16(22)12-5-8-18-19-10-12/h3-5,7-8,10,13H,6,9,11H2,1-2H3/t13-/m0/s1. The number of anilines is 1. The van der Waals surface area contributed by atoms with Gasteiger partial charge >= 0.3 is 0 Å². The second kappa shape index (κ2) is 6.60. The molecule has 0 unspecified atom stereocenters. The Balaban J connectivity index is 1.66. The number of amides is 1. The lowest BCUT2D eigenvalue weighted by molar-refractivity contribution is 0.0772. The first-order valence-corrected chi connectivity index (χ1v) is 7.50. The first kappa shape index (κ1) is 15.2. The van der Waals surface area contributed by atoms with Crippen molar-refractivity contribution in [1.82, 2.24) is 20.1 Å². The van der Waals surface area contributed by atoms with Crippen LogP contribution in [0, 0.1) is 0 Å². The van der Waals surface area contributed by atoms with Crippen LogP contribution in [0.4, 0.5) is 5.82 Å². The van der Waals surface area contributed by atoms with Crippen LogP contribution in [-0.4, -0.2) is 59.3 Å². The fourth-order valence-electron chi connectivity index (χ4n) is 2.60. The highest BCUT2D eigenvalue weighted by molar-refractivity contribution is 5.94. The maximum absolute atomic E-state index is 12.4. The average molecular weight is 313 g/mol. The van der Waals surface area contributed by atoms with Gasteiger partial charge in [-0.05, 0) is 18.2 Å². The molecule has 0 bridgehead atoms. The third-order valence-corrected chi connectivity index (χ3v) is 3.73. The molecule has 0 spiro atoms. The summed E-state index contributed by atoms with van der Waals surface area (Å²) in [7, 11) is 3.85. The Bertz CT molecular complexity index is 677. The molecule has 1 aliphatic rings. The summed E-state index contributed by atoms with van der Waals surface area (Å²) in [5.74, 6) is 1.49. The van der Waals surface area contributed by atoms with Crippen molar-refractivity contribution >= 4 is 11.7 Å². The Morgan fingerprint density at radius 2 is 2.17 bits per heavy atom. The largest absolute Gasteiger partial charge is 0.485 e. The Kier molecular flexibility index (Phi) is 4.36. The molecular weight excluding hydrogens is 294 g/mol. The summed E-state index contributed by atoms with van der Waals surface area (Å²) in [6.07, 6.45) is 5.52. The van der Waals surface area contributed by atoms with E-state index in [0.717, 1.165) is 18.0 Å². The monoisotopic (exact) mass is 313 g/mol. The van der Waals surface area contributed by atoms with E-state index < -0.39 is 0 Å². The molecule has 0 N–H and O–H groups in total. The number of pyridine rings is 1. The number of likely N-dealkylation sites (tertiary alicyclic amines) is 1. The van der Waals surface area contributed by atoms with Gasteiger partial charge in [-0.15, -0.1) is 0 Å². The molecule has 0 radical (unpaired) electrons. The topological polar surface area (TPSA) is 71.5 Å². The van der Waals surface area contributed by atoms with E-state index in [9.17, 15) is 4.79 Å². The number of aromatic nitrogens is 3. The molecule has 0 aromatic carbocycles. The van der Waals surface area contributed by atoms with E-state index in [0.29, 0.717) is 18.7 Å². The second-order valence-corrected chi connectivity index (χ2v) is 5.63. The predicted octanol–water partition coefficient (Wildman–Crippen LogP) is 1.23. The normalized spacial score (nSPS) is 17.1. The molecular formula is C16H19N5O2. The highest BCUT2D eigenvalue weighted by Gasteiger charge is 2.29. The maximum atomic E-state index is 12.4. The zero-order chi connectivity index (χ0) is 16.2. The summed E-state index contributed by atoms with van der Waals surface area (Å²) >= 11 is 0. The SMILES string of the molecule is CN(C)c1ncccc1O[C@H]1CCN(C(=O)c2ccnnc2)C1. The van der Waals surface area contributed by atoms with Crippen LogP contribution in [0.25, 0.3) is 0 Å². The van der Waals surface area contributed by atoms with E-state index in [1.807, 2.05) is 31.1 Å². The minimum absolute atomic E-state index is 0.0309. The molecule has 1 amide bonds. The molecule has 120 valence electrons. The molecule has 1 fully saturated rings. The van der Waals surface area contributed by atoms with Crippen molar-refractivity contribution in [3.8, 4) is 5.75 Å². The fraction of sp³-hybridized carbons (Fsp3) is 0.375. The molecule has 3 rings (SSSR count). The van der Waals surface area contributed by atoms with Crippen LogP contribution >= 0.6 is 0 Å². The van der Waals surface area contributed by atoms with Gasteiger partial charge in [0, 0.05) is 33.3 Å². The van der Waals surface area contributed by atoms with E-state index >= 15 is 0 Å². The van der Waals surface area contributed by atoms with Crippen molar-refractivity contribution in [1.29, 1.82) is 0 Å². The first-order valence-electron chi connectivity index (χ1n) is 7.50. The maximum Gasteiger partial charge on any atom is 0.255 e. The van der Waals surface area contributed by atoms with Gasteiger partial charge in [-0.2, -0.15) is 10.2 Å². The van der Waals surface area contributed by atoms with Crippen LogP contribution in [0.1, 0.15) is 16.8 Å². The van der Waals surface area contributed by atoms with E-state index in [2.05, 4.69) is 15.2 Å². The molecule has 7 heteroatoms. The molecule has 0 saturated carbocycles. The lowest BCUT2D eigenvalue weighted by Crippen LogP contribution is -2.31. The van der Waals surface area contributed by atoms with Gasteiger partial charge in [-0.1, -0.05) is 0 Å². The van der Waals surface area contributed by atoms with E-state index in [4.69, 9.17) is 4.74 Å². The molecule has 2 aromatic heterocycles. The second-order valence-electron chi connectivity index (χ2n) is 5.63. The highest BCUT2D eigenvalue weighted by atomic mass is 16.5. The number of hydrogen-bond donors (Lipinski definition) is 0. The highest BCUT2D eigenvalue weighted by Crippen LogP contribution is 2.27. The summed E-state index contributed by atoms with van der Waals surface area (Å²) in [6, 6.07) is 5.43. The van der Waals surface area contributed by atoms with Crippen molar-refractivity contribution in [3.05, 3.63) is 42.4 Å². The zero-order valence-electron chi connectivity index (χ0n) is 13.2. The van der Waals surface area contributed by atoms with Crippen molar-refractivity contribution in [3.63, 3.8) is 0 Å². The van der Waals surface area contributed by atoms with E-state index in [1.165, 1.54) is 12.4 Å². The van der Waals surface area contributed by atoms with Gasteiger partial charge in [0.15, 0.2) is 11.6 Å². The van der Waals surface area contributed by atoms with Crippen LogP contribution in [0.2, 0.25) is 0 Å². The minimum Gasteiger partial charge on any atom is -0.485 e. The third kappa shape index (κ3) is 3.39. The third-order valence-electron chi connectivity index (χ3n) is 3.73. The molecule has 1 aliphatic heterocycles. The van der Waals surface area contributed by atoms with Gasteiger partial charge in [-0.25, -0.2) is 4.98 Å². The van der Waals surface area contributed by atoms with Gasteiger partial charge in [0.25, 0.3) is 5.91 Å². The van der Waals surface area contributed by atoms with Crippen LogP contribution in [0.3, 0.4) is 0 Å². The molecule has 7 nitrogen and oxygen atoms in total. The van der Waals surface area contributed by atoms with E-state index in [1.54, 1.807) is 17.2 Å². The molecule has 0 aliphatic carbocycles. The number of ether oxygens (including phenoxy) is 1. The quantitative estimate of drug-likeness (QED) is 0.845. The Morgan fingerprint density at radius 1 is 1.30 bits per heavy atom. The molecule has 1 atom stereocenters. The Hall–Kier alpha value is -2.70. The van der Waals surface area contributed by atoms with Gasteiger partial charge in [-0.3, -0.25) is 4.79 Å². The summed E-state index contributed by atoms with van der Waals surface area (Å²) in [5.41, 5.74) is 0.552. The molecule has 23 heavy (non-hydrogen) atoms. The van der Waals surface area contributed by atoms with Crippen LogP contribution in [0.15, 0.2) is 36.8 Å².